The number of anilines is 1. The van der Waals surface area contributed by atoms with Crippen molar-refractivity contribution in [2.45, 2.75) is 11.8 Å². The first-order valence-corrected chi connectivity index (χ1v) is 10.7. The number of nitro groups is 1. The number of morpholine rings is 1. The van der Waals surface area contributed by atoms with Crippen molar-refractivity contribution in [2.24, 2.45) is 5.10 Å². The minimum Gasteiger partial charge on any atom is -0.379 e. The smallest absolute Gasteiger partial charge is 0.295 e. The molecule has 2 aromatic carbocycles. The third kappa shape index (κ3) is 5.29. The lowest BCUT2D eigenvalue weighted by molar-refractivity contribution is -0.384. The van der Waals surface area contributed by atoms with Gasteiger partial charge in [0, 0.05) is 19.2 Å². The first-order chi connectivity index (χ1) is 14.4. The first kappa shape index (κ1) is 21.6. The molecule has 1 fully saturated rings. The number of nitrogens with zero attached hydrogens (tertiary/aromatic N) is 3. The molecule has 1 heterocycles. The molecule has 10 heteroatoms. The third-order valence-corrected chi connectivity index (χ3v) is 6.32. The van der Waals surface area contributed by atoms with Gasteiger partial charge in [0.25, 0.3) is 5.69 Å². The van der Waals surface area contributed by atoms with E-state index in [1.165, 1.54) is 22.7 Å². The van der Waals surface area contributed by atoms with Gasteiger partial charge in [-0.2, -0.15) is 9.41 Å². The Morgan fingerprint density at radius 1 is 1.20 bits per heavy atom. The Balaban J connectivity index is 1.79. The second kappa shape index (κ2) is 9.61. The fraction of sp³-hybridized carbons (Fsp3) is 0.250. The zero-order chi connectivity index (χ0) is 21.6. The number of ether oxygens (including phenoxy) is 1. The average molecular weight is 430 g/mol. The third-order valence-electron chi connectivity index (χ3n) is 4.42. The Hall–Kier alpha value is -3.08. The van der Waals surface area contributed by atoms with E-state index in [9.17, 15) is 18.5 Å². The standard InChI is InChI=1S/C20H22N4O5S/c1-16(13-17-5-3-2-4-6-17)15-21-22-19-8-7-18(14-20(19)24(25)26)30(27,28)23-9-11-29-12-10-23/h2-8,13-15,22H,9-12H2,1H3/b16-13+,21-15-. The first-order valence-electron chi connectivity index (χ1n) is 9.27. The van der Waals surface area contributed by atoms with Gasteiger partial charge in [0.05, 0.1) is 29.2 Å². The molecule has 0 saturated carbocycles. The van der Waals surface area contributed by atoms with Crippen LogP contribution in [0, 0.1) is 10.1 Å². The van der Waals surface area contributed by atoms with Gasteiger partial charge >= 0.3 is 0 Å². The number of hydrogen-bond acceptors (Lipinski definition) is 7. The fourth-order valence-corrected chi connectivity index (χ4v) is 4.34. The van der Waals surface area contributed by atoms with E-state index >= 15 is 0 Å². The van der Waals surface area contributed by atoms with Crippen LogP contribution in [0.1, 0.15) is 12.5 Å². The van der Waals surface area contributed by atoms with E-state index in [1.807, 2.05) is 43.3 Å². The number of rotatable bonds is 7. The summed E-state index contributed by atoms with van der Waals surface area (Å²) in [4.78, 5) is 10.7. The van der Waals surface area contributed by atoms with E-state index in [2.05, 4.69) is 10.5 Å². The second-order valence-electron chi connectivity index (χ2n) is 6.62. The van der Waals surface area contributed by atoms with Crippen molar-refractivity contribution in [3.63, 3.8) is 0 Å². The van der Waals surface area contributed by atoms with Gasteiger partial charge in [-0.05, 0) is 30.2 Å². The van der Waals surface area contributed by atoms with E-state index in [-0.39, 0.29) is 29.4 Å². The monoisotopic (exact) mass is 430 g/mol. The van der Waals surface area contributed by atoms with Crippen molar-refractivity contribution in [2.75, 3.05) is 31.7 Å². The zero-order valence-corrected chi connectivity index (χ0v) is 17.2. The summed E-state index contributed by atoms with van der Waals surface area (Å²) < 4.78 is 31.9. The highest BCUT2D eigenvalue weighted by Crippen LogP contribution is 2.29. The van der Waals surface area contributed by atoms with Gasteiger partial charge in [-0.25, -0.2) is 8.42 Å². The molecular formula is C20H22N4O5S. The normalized spacial score (nSPS) is 16.0. The summed E-state index contributed by atoms with van der Waals surface area (Å²) >= 11 is 0. The van der Waals surface area contributed by atoms with Crippen LogP contribution in [-0.2, 0) is 14.8 Å². The molecule has 1 N–H and O–H groups in total. The van der Waals surface area contributed by atoms with Gasteiger partial charge in [0.1, 0.15) is 5.69 Å². The Kier molecular flexibility index (Phi) is 6.93. The maximum atomic E-state index is 12.7. The van der Waals surface area contributed by atoms with Gasteiger partial charge in [0.2, 0.25) is 10.0 Å². The van der Waals surface area contributed by atoms with Crippen LogP contribution in [0.5, 0.6) is 0 Å². The number of benzene rings is 2. The molecule has 0 atom stereocenters. The van der Waals surface area contributed by atoms with E-state index < -0.39 is 14.9 Å². The topological polar surface area (TPSA) is 114 Å². The summed E-state index contributed by atoms with van der Waals surface area (Å²) in [7, 11) is -3.83. The number of allylic oxidation sites excluding steroid dienone is 1. The second-order valence-corrected chi connectivity index (χ2v) is 8.56. The summed E-state index contributed by atoms with van der Waals surface area (Å²) in [6.07, 6.45) is 3.45. The van der Waals surface area contributed by atoms with Crippen molar-refractivity contribution < 1.29 is 18.1 Å². The molecule has 0 amide bonds. The lowest BCUT2D eigenvalue weighted by Gasteiger charge is -2.26. The maximum Gasteiger partial charge on any atom is 0.295 e. The van der Waals surface area contributed by atoms with Crippen LogP contribution in [0.25, 0.3) is 6.08 Å². The Morgan fingerprint density at radius 2 is 1.90 bits per heavy atom. The summed E-state index contributed by atoms with van der Waals surface area (Å²) in [5.41, 5.74) is 4.20. The summed E-state index contributed by atoms with van der Waals surface area (Å²) in [6.45, 7) is 2.88. The van der Waals surface area contributed by atoms with Crippen LogP contribution in [0.4, 0.5) is 11.4 Å². The van der Waals surface area contributed by atoms with Crippen molar-refractivity contribution >= 4 is 33.7 Å². The Morgan fingerprint density at radius 3 is 2.57 bits per heavy atom. The van der Waals surface area contributed by atoms with Crippen LogP contribution < -0.4 is 5.43 Å². The molecule has 1 aliphatic heterocycles. The van der Waals surface area contributed by atoms with Crippen LogP contribution in [0.2, 0.25) is 0 Å². The predicted octanol–water partition coefficient (Wildman–Crippen LogP) is 3.12. The molecule has 0 unspecified atom stereocenters. The minimum atomic E-state index is -3.83. The SMILES string of the molecule is CC(/C=N\Nc1ccc(S(=O)(=O)N2CCOCC2)cc1[N+](=O)[O-])=C\c1ccccc1. The van der Waals surface area contributed by atoms with E-state index in [1.54, 1.807) is 0 Å². The number of nitrogens with one attached hydrogen (secondary N) is 1. The van der Waals surface area contributed by atoms with E-state index in [0.717, 1.165) is 17.2 Å². The molecule has 158 valence electrons. The van der Waals surface area contributed by atoms with Gasteiger partial charge in [-0.3, -0.25) is 15.5 Å². The zero-order valence-electron chi connectivity index (χ0n) is 16.4. The highest BCUT2D eigenvalue weighted by molar-refractivity contribution is 7.89. The van der Waals surface area contributed by atoms with Crippen LogP contribution in [0.15, 0.2) is 64.1 Å². The van der Waals surface area contributed by atoms with Crippen LogP contribution >= 0.6 is 0 Å². The quantitative estimate of drug-likeness (QED) is 0.410. The molecule has 1 aliphatic rings. The maximum absolute atomic E-state index is 12.7. The number of hydrazone groups is 1. The molecular weight excluding hydrogens is 408 g/mol. The van der Waals surface area contributed by atoms with Crippen molar-refractivity contribution in [1.29, 1.82) is 0 Å². The molecule has 0 spiro atoms. The molecule has 30 heavy (non-hydrogen) atoms. The highest BCUT2D eigenvalue weighted by atomic mass is 32.2. The summed E-state index contributed by atoms with van der Waals surface area (Å²) in [5.74, 6) is 0. The van der Waals surface area contributed by atoms with Crippen LogP contribution in [-0.4, -0.2) is 50.2 Å². The van der Waals surface area contributed by atoms with Crippen molar-refractivity contribution in [1.82, 2.24) is 4.31 Å². The lowest BCUT2D eigenvalue weighted by Crippen LogP contribution is -2.40. The lowest BCUT2D eigenvalue weighted by atomic mass is 10.1. The summed E-state index contributed by atoms with van der Waals surface area (Å²) in [5, 5.41) is 15.5. The average Bonchev–Trinajstić information content (AvgIpc) is 2.75. The van der Waals surface area contributed by atoms with Gasteiger partial charge < -0.3 is 4.74 Å². The predicted molar refractivity (Wildman–Crippen MR) is 115 cm³/mol. The molecule has 0 radical (unpaired) electrons. The largest absolute Gasteiger partial charge is 0.379 e. The van der Waals surface area contributed by atoms with Gasteiger partial charge in [0.15, 0.2) is 0 Å². The molecule has 2 aromatic rings. The highest BCUT2D eigenvalue weighted by Gasteiger charge is 2.28. The molecule has 0 aliphatic carbocycles. The molecule has 1 saturated heterocycles. The Bertz CT molecular complexity index is 1060. The molecule has 0 bridgehead atoms. The number of hydrogen-bond donors (Lipinski definition) is 1. The molecule has 9 nitrogen and oxygen atoms in total. The van der Waals surface area contributed by atoms with Gasteiger partial charge in [-0.15, -0.1) is 0 Å². The molecule has 3 rings (SSSR count). The van der Waals surface area contributed by atoms with Crippen molar-refractivity contribution in [3.05, 3.63) is 69.8 Å². The summed E-state index contributed by atoms with van der Waals surface area (Å²) in [6, 6.07) is 13.4. The van der Waals surface area contributed by atoms with E-state index in [0.29, 0.717) is 13.2 Å². The molecule has 0 aromatic heterocycles. The number of sulfonamides is 1. The van der Waals surface area contributed by atoms with E-state index in [4.69, 9.17) is 4.74 Å². The van der Waals surface area contributed by atoms with Gasteiger partial charge in [-0.1, -0.05) is 36.4 Å². The Labute approximate surface area is 174 Å². The minimum absolute atomic E-state index is 0.102. The number of nitro benzene ring substituents is 1. The fourth-order valence-electron chi connectivity index (χ4n) is 2.91. The van der Waals surface area contributed by atoms with Crippen LogP contribution in [0.3, 0.4) is 0 Å². The van der Waals surface area contributed by atoms with Crippen molar-refractivity contribution in [3.8, 4) is 0 Å².